The van der Waals surface area contributed by atoms with E-state index in [0.29, 0.717) is 12.2 Å². The van der Waals surface area contributed by atoms with Crippen molar-refractivity contribution in [3.05, 3.63) is 46.2 Å². The summed E-state index contributed by atoms with van der Waals surface area (Å²) in [5.74, 6) is -1.55. The summed E-state index contributed by atoms with van der Waals surface area (Å²) in [5.41, 5.74) is 3.30. The topological polar surface area (TPSA) is 87.7 Å². The van der Waals surface area contributed by atoms with Crippen LogP contribution in [0.1, 0.15) is 37.5 Å². The van der Waals surface area contributed by atoms with Crippen molar-refractivity contribution in [3.8, 4) is 0 Å². The number of hydrogen-bond donors (Lipinski definition) is 2. The number of amides is 3. The summed E-state index contributed by atoms with van der Waals surface area (Å²) in [6, 6.07) is 7.35. The van der Waals surface area contributed by atoms with Crippen LogP contribution in [0, 0.1) is 5.92 Å². The van der Waals surface area contributed by atoms with Crippen LogP contribution >= 0.6 is 11.3 Å². The molecule has 2 N–H and O–H groups in total. The van der Waals surface area contributed by atoms with Gasteiger partial charge >= 0.3 is 11.8 Å². The maximum atomic E-state index is 12.5. The van der Waals surface area contributed by atoms with Gasteiger partial charge in [0.05, 0.1) is 0 Å². The van der Waals surface area contributed by atoms with E-state index in [1.165, 1.54) is 0 Å². The Morgan fingerprint density at radius 3 is 2.67 bits per heavy atom. The minimum absolute atomic E-state index is 0.0520. The Kier molecular flexibility index (Phi) is 7.23. The number of nitrogens with zero attached hydrogens (tertiary/aromatic N) is 1. The standard InChI is InChI=1S/C22H27N3O4S/c1-14(2)22(28)25-9-4-5-15-6-7-17(11-18(15)25)24-21(27)20(26)23-12-19(29-3)16-8-10-30-13-16/h6-8,10-11,13-14,19H,4-5,9,12H2,1-3H3,(H,23,26)(H,24,27). The number of benzene rings is 1. The van der Waals surface area contributed by atoms with Crippen molar-refractivity contribution in [2.24, 2.45) is 5.92 Å². The van der Waals surface area contributed by atoms with E-state index in [0.717, 1.165) is 29.7 Å². The van der Waals surface area contributed by atoms with Crippen molar-refractivity contribution in [3.63, 3.8) is 0 Å². The van der Waals surface area contributed by atoms with E-state index >= 15 is 0 Å². The average molecular weight is 430 g/mol. The van der Waals surface area contributed by atoms with Gasteiger partial charge in [0, 0.05) is 37.5 Å². The summed E-state index contributed by atoms with van der Waals surface area (Å²) in [6.07, 6.45) is 1.48. The van der Waals surface area contributed by atoms with E-state index in [1.54, 1.807) is 35.5 Å². The molecule has 2 aromatic rings. The largest absolute Gasteiger partial charge is 0.375 e. The van der Waals surface area contributed by atoms with E-state index < -0.39 is 11.8 Å². The van der Waals surface area contributed by atoms with Crippen molar-refractivity contribution in [2.45, 2.75) is 32.8 Å². The van der Waals surface area contributed by atoms with E-state index in [2.05, 4.69) is 10.6 Å². The summed E-state index contributed by atoms with van der Waals surface area (Å²) in [6.45, 7) is 4.59. The predicted molar refractivity (Wildman–Crippen MR) is 118 cm³/mol. The number of rotatable bonds is 6. The molecule has 30 heavy (non-hydrogen) atoms. The van der Waals surface area contributed by atoms with E-state index in [-0.39, 0.29) is 24.5 Å². The Bertz CT molecular complexity index is 911. The number of methoxy groups -OCH3 is 1. The van der Waals surface area contributed by atoms with Crippen LogP contribution in [0.3, 0.4) is 0 Å². The second kappa shape index (κ2) is 9.86. The van der Waals surface area contributed by atoms with Crippen LogP contribution in [-0.4, -0.2) is 37.9 Å². The molecule has 3 rings (SSSR count). The van der Waals surface area contributed by atoms with Gasteiger partial charge in [0.15, 0.2) is 0 Å². The van der Waals surface area contributed by atoms with Crippen molar-refractivity contribution >= 4 is 40.4 Å². The second-order valence-corrected chi connectivity index (χ2v) is 8.32. The first-order valence-corrected chi connectivity index (χ1v) is 10.9. The molecule has 0 spiro atoms. The smallest absolute Gasteiger partial charge is 0.313 e. The molecule has 1 aliphatic heterocycles. The molecule has 1 aromatic carbocycles. The molecule has 7 nitrogen and oxygen atoms in total. The first-order chi connectivity index (χ1) is 14.4. The Morgan fingerprint density at radius 2 is 2.00 bits per heavy atom. The normalized spacial score (nSPS) is 14.2. The van der Waals surface area contributed by atoms with Crippen molar-refractivity contribution < 1.29 is 19.1 Å². The van der Waals surface area contributed by atoms with Gasteiger partial charge in [-0.1, -0.05) is 19.9 Å². The lowest BCUT2D eigenvalue weighted by molar-refractivity contribution is -0.136. The molecule has 0 bridgehead atoms. The number of anilines is 2. The van der Waals surface area contributed by atoms with Crippen molar-refractivity contribution in [2.75, 3.05) is 30.4 Å². The molecule has 1 aliphatic rings. The highest BCUT2D eigenvalue weighted by Crippen LogP contribution is 2.31. The molecular weight excluding hydrogens is 402 g/mol. The molecule has 8 heteroatoms. The molecule has 3 amide bonds. The average Bonchev–Trinajstić information content (AvgIpc) is 3.27. The molecule has 1 unspecified atom stereocenters. The number of nitrogens with one attached hydrogen (secondary N) is 2. The molecule has 1 aromatic heterocycles. The van der Waals surface area contributed by atoms with Gasteiger partial charge in [-0.05, 0) is 52.9 Å². The van der Waals surface area contributed by atoms with Gasteiger partial charge in [-0.2, -0.15) is 11.3 Å². The third-order valence-electron chi connectivity index (χ3n) is 5.08. The molecular formula is C22H27N3O4S. The molecule has 0 aliphatic carbocycles. The molecule has 0 saturated heterocycles. The number of carbonyl (C=O) groups excluding carboxylic acids is 3. The van der Waals surface area contributed by atoms with Gasteiger partial charge in [0.2, 0.25) is 5.91 Å². The number of carbonyl (C=O) groups is 3. The van der Waals surface area contributed by atoms with Crippen LogP contribution in [0.2, 0.25) is 0 Å². The van der Waals surface area contributed by atoms with Gasteiger partial charge in [-0.25, -0.2) is 0 Å². The zero-order valence-electron chi connectivity index (χ0n) is 17.4. The number of ether oxygens (including phenoxy) is 1. The lowest BCUT2D eigenvalue weighted by Crippen LogP contribution is -2.39. The van der Waals surface area contributed by atoms with Crippen molar-refractivity contribution in [1.82, 2.24) is 5.32 Å². The molecule has 0 fully saturated rings. The molecule has 160 valence electrons. The molecule has 0 saturated carbocycles. The third kappa shape index (κ3) is 5.06. The fraction of sp³-hybridized carbons (Fsp3) is 0.409. The van der Waals surface area contributed by atoms with Crippen LogP contribution in [0.15, 0.2) is 35.0 Å². The van der Waals surface area contributed by atoms with Gasteiger partial charge in [-0.3, -0.25) is 14.4 Å². The maximum Gasteiger partial charge on any atom is 0.313 e. The van der Waals surface area contributed by atoms with Gasteiger partial charge in [-0.15, -0.1) is 0 Å². The van der Waals surface area contributed by atoms with E-state index in [1.807, 2.05) is 36.7 Å². The zero-order valence-corrected chi connectivity index (χ0v) is 18.3. The monoisotopic (exact) mass is 429 g/mol. The van der Waals surface area contributed by atoms with Gasteiger partial charge < -0.3 is 20.3 Å². The van der Waals surface area contributed by atoms with Gasteiger partial charge in [0.25, 0.3) is 0 Å². The molecule has 2 heterocycles. The van der Waals surface area contributed by atoms with E-state index in [9.17, 15) is 14.4 Å². The summed E-state index contributed by atoms with van der Waals surface area (Å²) in [4.78, 5) is 38.9. The van der Waals surface area contributed by atoms with Crippen molar-refractivity contribution in [1.29, 1.82) is 0 Å². The Balaban J connectivity index is 1.64. The van der Waals surface area contributed by atoms with Gasteiger partial charge in [0.1, 0.15) is 6.10 Å². The number of hydrogen-bond acceptors (Lipinski definition) is 5. The lowest BCUT2D eigenvalue weighted by Gasteiger charge is -2.31. The highest BCUT2D eigenvalue weighted by Gasteiger charge is 2.25. The van der Waals surface area contributed by atoms with E-state index in [4.69, 9.17) is 4.74 Å². The summed E-state index contributed by atoms with van der Waals surface area (Å²) in [5, 5.41) is 9.11. The lowest BCUT2D eigenvalue weighted by atomic mass is 9.99. The third-order valence-corrected chi connectivity index (χ3v) is 5.78. The predicted octanol–water partition coefficient (Wildman–Crippen LogP) is 3.13. The SMILES string of the molecule is COC(CNC(=O)C(=O)Nc1ccc2c(c1)N(C(=O)C(C)C)CCC2)c1ccsc1. The number of thiophene rings is 1. The maximum absolute atomic E-state index is 12.5. The highest BCUT2D eigenvalue weighted by atomic mass is 32.1. The fourth-order valence-electron chi connectivity index (χ4n) is 3.44. The first-order valence-electron chi connectivity index (χ1n) is 9.99. The summed E-state index contributed by atoms with van der Waals surface area (Å²) < 4.78 is 5.38. The highest BCUT2D eigenvalue weighted by molar-refractivity contribution is 7.07. The Hall–Kier alpha value is -2.71. The van der Waals surface area contributed by atoms with Crippen LogP contribution in [0.4, 0.5) is 11.4 Å². The Labute approximate surface area is 180 Å². The van der Waals surface area contributed by atoms with Crippen LogP contribution in [0.25, 0.3) is 0 Å². The van der Waals surface area contributed by atoms with Crippen LogP contribution < -0.4 is 15.5 Å². The zero-order chi connectivity index (χ0) is 21.7. The summed E-state index contributed by atoms with van der Waals surface area (Å²) >= 11 is 1.54. The minimum atomic E-state index is -0.757. The van der Waals surface area contributed by atoms with Crippen LogP contribution in [-0.2, 0) is 25.5 Å². The Morgan fingerprint density at radius 1 is 1.20 bits per heavy atom. The van der Waals surface area contributed by atoms with Crippen LogP contribution in [0.5, 0.6) is 0 Å². The quantitative estimate of drug-likeness (QED) is 0.691. The number of fused-ring (bicyclic) bond motifs is 1. The minimum Gasteiger partial charge on any atom is -0.375 e. The summed E-state index contributed by atoms with van der Waals surface area (Å²) in [7, 11) is 1.56. The molecule has 1 atom stereocenters. The fourth-order valence-corrected chi connectivity index (χ4v) is 4.14. The molecule has 0 radical (unpaired) electrons. The second-order valence-electron chi connectivity index (χ2n) is 7.54. The first kappa shape index (κ1) is 22.0. The number of aryl methyl sites for hydroxylation is 1.